The maximum Gasteiger partial charge on any atom is 0.586 e. The molecule has 0 saturated heterocycles. The molecule has 0 amide bonds. The van der Waals surface area contributed by atoms with E-state index in [-0.39, 0.29) is 41.2 Å². The summed E-state index contributed by atoms with van der Waals surface area (Å²) in [7, 11) is 0. The van der Waals surface area contributed by atoms with Crippen molar-refractivity contribution >= 4 is 16.7 Å². The van der Waals surface area contributed by atoms with Crippen LogP contribution in [0.25, 0.3) is 10.9 Å². The van der Waals surface area contributed by atoms with Crippen LogP contribution >= 0.6 is 0 Å². The van der Waals surface area contributed by atoms with E-state index in [2.05, 4.69) is 9.47 Å². The number of ether oxygens (including phenoxy) is 2. The maximum absolute atomic E-state index is 15.2. The molecule has 0 atom stereocenters. The Balaban J connectivity index is 1.46. The lowest BCUT2D eigenvalue weighted by atomic mass is 9.87. The smallest absolute Gasteiger partial charge is 0.395 e. The number of ketones is 1. The number of benzene rings is 2. The molecule has 0 unspecified atom stereocenters. The van der Waals surface area contributed by atoms with E-state index in [0.29, 0.717) is 29.3 Å². The number of carbonyl (C=O) groups is 1. The second kappa shape index (κ2) is 7.73. The van der Waals surface area contributed by atoms with Gasteiger partial charge in [-0.05, 0) is 54.3 Å². The van der Waals surface area contributed by atoms with Crippen molar-refractivity contribution in [2.75, 3.05) is 0 Å². The number of hydrogen-bond donors (Lipinski definition) is 2. The Morgan fingerprint density at radius 1 is 1.09 bits per heavy atom. The minimum atomic E-state index is -3.74. The van der Waals surface area contributed by atoms with Crippen LogP contribution in [0.1, 0.15) is 50.4 Å². The predicted octanol–water partition coefficient (Wildman–Crippen LogP) is 4.55. The Bertz CT molecular complexity index is 1330. The average Bonchev–Trinajstić information content (AvgIpc) is 3.39. The normalized spacial score (nSPS) is 17.9. The molecule has 1 fully saturated rings. The number of aliphatic hydroxyl groups is 2. The molecule has 1 aromatic heterocycles. The third-order valence-electron chi connectivity index (χ3n) is 6.77. The van der Waals surface area contributed by atoms with Gasteiger partial charge < -0.3 is 24.3 Å². The quantitative estimate of drug-likeness (QED) is 0.497. The first-order chi connectivity index (χ1) is 16.3. The van der Waals surface area contributed by atoms with Gasteiger partial charge >= 0.3 is 6.29 Å². The molecule has 6 nitrogen and oxygen atoms in total. The molecule has 35 heavy (non-hydrogen) atoms. The van der Waals surface area contributed by atoms with Crippen LogP contribution in [0.2, 0.25) is 0 Å². The summed E-state index contributed by atoms with van der Waals surface area (Å²) in [4.78, 5) is 13.3. The van der Waals surface area contributed by atoms with E-state index in [0.717, 1.165) is 5.69 Å². The van der Waals surface area contributed by atoms with Gasteiger partial charge in [0.1, 0.15) is 11.6 Å². The summed E-state index contributed by atoms with van der Waals surface area (Å²) in [6, 6.07) is 9.14. The molecule has 2 aliphatic rings. The highest BCUT2D eigenvalue weighted by Gasteiger charge is 2.52. The zero-order chi connectivity index (χ0) is 25.3. The SMILES string of the molecule is CC(C)(C)c1cc2cc(CC(=O)C3(c4ccc5c(c4)OC(F)(F)O5)CC3)c(F)cc2n1CC(O)O. The van der Waals surface area contributed by atoms with Crippen LogP contribution < -0.4 is 9.47 Å². The van der Waals surface area contributed by atoms with Crippen molar-refractivity contribution in [3.8, 4) is 11.5 Å². The molecule has 186 valence electrons. The lowest BCUT2D eigenvalue weighted by Crippen LogP contribution is -2.26. The highest BCUT2D eigenvalue weighted by molar-refractivity contribution is 5.95. The first-order valence-electron chi connectivity index (χ1n) is 11.4. The average molecular weight is 489 g/mol. The topological polar surface area (TPSA) is 80.9 Å². The summed E-state index contributed by atoms with van der Waals surface area (Å²) in [6.07, 6.45) is -4.44. The summed E-state index contributed by atoms with van der Waals surface area (Å²) in [6.45, 7) is 5.81. The van der Waals surface area contributed by atoms with E-state index >= 15 is 4.39 Å². The van der Waals surface area contributed by atoms with Crippen LogP contribution in [0.5, 0.6) is 11.5 Å². The van der Waals surface area contributed by atoms with Gasteiger partial charge in [0.15, 0.2) is 17.8 Å². The zero-order valence-electron chi connectivity index (χ0n) is 19.6. The predicted molar refractivity (Wildman–Crippen MR) is 121 cm³/mol. The van der Waals surface area contributed by atoms with Crippen molar-refractivity contribution in [2.24, 2.45) is 0 Å². The highest BCUT2D eigenvalue weighted by atomic mass is 19.3. The van der Waals surface area contributed by atoms with Gasteiger partial charge in [-0.2, -0.15) is 0 Å². The van der Waals surface area contributed by atoms with Gasteiger partial charge in [-0.1, -0.05) is 26.8 Å². The van der Waals surface area contributed by atoms with Crippen LogP contribution in [-0.2, 0) is 28.6 Å². The van der Waals surface area contributed by atoms with Gasteiger partial charge in [-0.15, -0.1) is 8.78 Å². The summed E-state index contributed by atoms with van der Waals surface area (Å²) in [5, 5.41) is 19.8. The van der Waals surface area contributed by atoms with E-state index in [1.807, 2.05) is 26.8 Å². The molecule has 9 heteroatoms. The molecule has 2 N–H and O–H groups in total. The first-order valence-corrected chi connectivity index (χ1v) is 11.4. The second-order valence-electron chi connectivity index (χ2n) is 10.4. The van der Waals surface area contributed by atoms with Gasteiger partial charge in [0.05, 0.1) is 17.5 Å². The van der Waals surface area contributed by atoms with Crippen LogP contribution in [0, 0.1) is 5.82 Å². The Morgan fingerprint density at radius 2 is 1.77 bits per heavy atom. The molecule has 2 heterocycles. The Morgan fingerprint density at radius 3 is 2.40 bits per heavy atom. The Hall–Kier alpha value is -3.04. The highest BCUT2D eigenvalue weighted by Crippen LogP contribution is 2.52. The van der Waals surface area contributed by atoms with Crippen LogP contribution in [0.3, 0.4) is 0 Å². The standard InChI is InChI=1S/C26H26F3NO5/c1-24(2,3)21-9-15-8-14(17(27)12-18(15)30(21)13-23(32)33)10-22(31)25(6-7-25)16-4-5-19-20(11-16)35-26(28,29)34-19/h4-5,8-9,11-12,23,32-33H,6-7,10,13H2,1-3H3. The second-order valence-corrected chi connectivity index (χ2v) is 10.4. The number of hydrogen-bond acceptors (Lipinski definition) is 5. The van der Waals surface area contributed by atoms with E-state index in [1.165, 1.54) is 18.2 Å². The monoisotopic (exact) mass is 489 g/mol. The third kappa shape index (κ3) is 4.16. The Labute approximate surface area is 199 Å². The number of rotatable bonds is 6. The van der Waals surface area contributed by atoms with Crippen LogP contribution in [0.4, 0.5) is 13.2 Å². The molecule has 1 saturated carbocycles. The van der Waals surface area contributed by atoms with Gasteiger partial charge in [-0.3, -0.25) is 4.79 Å². The molecule has 1 aliphatic carbocycles. The van der Waals surface area contributed by atoms with E-state index in [9.17, 15) is 23.8 Å². The maximum atomic E-state index is 15.2. The molecular formula is C26H26F3NO5. The fraction of sp³-hybridized carbons (Fsp3) is 0.423. The molecule has 1 aliphatic heterocycles. The van der Waals surface area contributed by atoms with Gasteiger partial charge in [-0.25, -0.2) is 4.39 Å². The number of aliphatic hydroxyl groups excluding tert-OH is 1. The number of alkyl halides is 2. The lowest BCUT2D eigenvalue weighted by Gasteiger charge is -2.22. The Kier molecular flexibility index (Phi) is 5.23. The van der Waals surface area contributed by atoms with Crippen molar-refractivity contribution in [1.29, 1.82) is 0 Å². The third-order valence-corrected chi connectivity index (χ3v) is 6.77. The van der Waals surface area contributed by atoms with Crippen molar-refractivity contribution in [3.63, 3.8) is 0 Å². The molecule has 3 aromatic rings. The van der Waals surface area contributed by atoms with Crippen molar-refractivity contribution < 1.29 is 37.7 Å². The number of aromatic nitrogens is 1. The lowest BCUT2D eigenvalue weighted by molar-refractivity contribution is -0.286. The number of fused-ring (bicyclic) bond motifs is 2. The summed E-state index contributed by atoms with van der Waals surface area (Å²) < 4.78 is 52.6. The van der Waals surface area contributed by atoms with E-state index < -0.39 is 23.8 Å². The fourth-order valence-electron chi connectivity index (χ4n) is 4.89. The van der Waals surface area contributed by atoms with Gasteiger partial charge in [0, 0.05) is 22.9 Å². The minimum absolute atomic E-state index is 0.0920. The number of carbonyl (C=O) groups excluding carboxylic acids is 1. The fourth-order valence-corrected chi connectivity index (χ4v) is 4.89. The largest absolute Gasteiger partial charge is 0.586 e. The van der Waals surface area contributed by atoms with Crippen molar-refractivity contribution in [2.45, 2.75) is 70.0 Å². The van der Waals surface area contributed by atoms with Crippen LogP contribution in [-0.4, -0.2) is 33.1 Å². The van der Waals surface area contributed by atoms with E-state index in [1.54, 1.807) is 16.7 Å². The summed E-state index contributed by atoms with van der Waals surface area (Å²) in [5.41, 5.74) is 0.870. The van der Waals surface area contributed by atoms with Crippen molar-refractivity contribution in [1.82, 2.24) is 4.57 Å². The number of Topliss-reactive ketones (excluding diaryl/α,β-unsaturated/α-hetero) is 1. The van der Waals surface area contributed by atoms with Crippen LogP contribution in [0.15, 0.2) is 36.4 Å². The molecular weight excluding hydrogens is 463 g/mol. The number of nitrogens with zero attached hydrogens (tertiary/aromatic N) is 1. The zero-order valence-corrected chi connectivity index (χ0v) is 19.6. The molecule has 0 bridgehead atoms. The van der Waals surface area contributed by atoms with Crippen molar-refractivity contribution in [3.05, 3.63) is 59.0 Å². The molecule has 0 spiro atoms. The van der Waals surface area contributed by atoms with E-state index in [4.69, 9.17) is 0 Å². The van der Waals surface area contributed by atoms with Gasteiger partial charge in [0.25, 0.3) is 0 Å². The molecule has 5 rings (SSSR count). The minimum Gasteiger partial charge on any atom is -0.395 e. The molecule has 0 radical (unpaired) electrons. The summed E-state index contributed by atoms with van der Waals surface area (Å²) >= 11 is 0. The molecule has 2 aromatic carbocycles. The van der Waals surface area contributed by atoms with Gasteiger partial charge in [0.2, 0.25) is 0 Å². The number of halogens is 3. The first kappa shape index (κ1) is 23.7. The summed E-state index contributed by atoms with van der Waals surface area (Å²) in [5.74, 6) is -0.992.